The highest BCUT2D eigenvalue weighted by molar-refractivity contribution is 7.86. The lowest BCUT2D eigenvalue weighted by Crippen LogP contribution is -2.37. The zero-order valence-electron chi connectivity index (χ0n) is 13.4. The Kier molecular flexibility index (Phi) is 4.66. The molecule has 2 aromatic rings. The molecule has 0 radical (unpaired) electrons. The van der Waals surface area contributed by atoms with Crippen molar-refractivity contribution in [3.05, 3.63) is 41.9 Å². The minimum atomic E-state index is -3.85. The van der Waals surface area contributed by atoms with Gasteiger partial charge in [0.1, 0.15) is 12.1 Å². The first-order chi connectivity index (χ1) is 11.9. The van der Waals surface area contributed by atoms with E-state index in [1.54, 1.807) is 24.3 Å². The van der Waals surface area contributed by atoms with Gasteiger partial charge in [-0.25, -0.2) is 9.97 Å². The van der Waals surface area contributed by atoms with E-state index < -0.39 is 16.0 Å². The molecule has 1 aromatic heterocycles. The molecule has 0 saturated carbocycles. The Morgan fingerprint density at radius 3 is 2.80 bits per heavy atom. The Labute approximate surface area is 144 Å². The minimum Gasteiger partial charge on any atom is -0.439 e. The third kappa shape index (κ3) is 3.92. The van der Waals surface area contributed by atoms with E-state index in [0.717, 1.165) is 11.3 Å². The van der Waals surface area contributed by atoms with Gasteiger partial charge in [-0.05, 0) is 18.6 Å². The molecule has 0 unspecified atom stereocenters. The Morgan fingerprint density at radius 1 is 1.28 bits per heavy atom. The van der Waals surface area contributed by atoms with Crippen LogP contribution in [-0.4, -0.2) is 30.5 Å². The van der Waals surface area contributed by atoms with Gasteiger partial charge in [0.2, 0.25) is 5.88 Å². The molecule has 3 rings (SSSR count). The van der Waals surface area contributed by atoms with Crippen LogP contribution in [0.1, 0.15) is 17.7 Å². The van der Waals surface area contributed by atoms with Crippen molar-refractivity contribution in [2.75, 3.05) is 11.3 Å². The maximum absolute atomic E-state index is 12.0. The number of carbonyl (C=O) groups is 1. The van der Waals surface area contributed by atoms with Crippen molar-refractivity contribution in [2.45, 2.75) is 19.4 Å². The lowest BCUT2D eigenvalue weighted by Gasteiger charge is -2.27. The third-order valence-electron chi connectivity index (χ3n) is 3.47. The number of amides is 1. The first kappa shape index (κ1) is 17.3. The molecule has 1 aliphatic rings. The molecule has 10 heteroatoms. The van der Waals surface area contributed by atoms with E-state index in [1.165, 1.54) is 6.33 Å². The Bertz CT molecular complexity index is 916. The first-order valence-corrected chi connectivity index (χ1v) is 9.22. The van der Waals surface area contributed by atoms with Gasteiger partial charge in [0.05, 0.1) is 17.6 Å². The third-order valence-corrected chi connectivity index (χ3v) is 3.89. The monoisotopic (exact) mass is 364 g/mol. The summed E-state index contributed by atoms with van der Waals surface area (Å²) in [7, 11) is -3.85. The fourth-order valence-corrected chi connectivity index (χ4v) is 2.87. The molecule has 0 spiro atoms. The second-order valence-electron chi connectivity index (χ2n) is 5.37. The molecule has 9 nitrogen and oxygen atoms in total. The molecule has 0 aliphatic carbocycles. The first-order valence-electron chi connectivity index (χ1n) is 7.40. The van der Waals surface area contributed by atoms with Gasteiger partial charge in [-0.2, -0.15) is 13.5 Å². The topological polar surface area (TPSA) is 125 Å². The van der Waals surface area contributed by atoms with Gasteiger partial charge in [-0.15, -0.1) is 4.28 Å². The largest absolute Gasteiger partial charge is 0.439 e. The van der Waals surface area contributed by atoms with E-state index in [2.05, 4.69) is 9.97 Å². The Balaban J connectivity index is 1.97. The van der Waals surface area contributed by atoms with Gasteiger partial charge in [0.15, 0.2) is 0 Å². The van der Waals surface area contributed by atoms with Crippen molar-refractivity contribution in [1.82, 2.24) is 9.97 Å². The molecule has 1 amide bonds. The van der Waals surface area contributed by atoms with Crippen LogP contribution in [0.2, 0.25) is 0 Å². The van der Waals surface area contributed by atoms with Crippen molar-refractivity contribution in [2.24, 2.45) is 5.73 Å². The summed E-state index contributed by atoms with van der Waals surface area (Å²) in [5.41, 5.74) is 7.15. The van der Waals surface area contributed by atoms with Crippen LogP contribution >= 0.6 is 0 Å². The predicted octanol–water partition coefficient (Wildman–Crippen LogP) is 0.898. The van der Waals surface area contributed by atoms with E-state index in [9.17, 15) is 13.2 Å². The number of carbonyl (C=O) groups excluding carboxylic acids is 1. The number of nitrogens with two attached hydrogens (primary N) is 1. The van der Waals surface area contributed by atoms with Gasteiger partial charge in [-0.1, -0.05) is 6.07 Å². The van der Waals surface area contributed by atoms with Crippen molar-refractivity contribution < 1.29 is 22.2 Å². The van der Waals surface area contributed by atoms with E-state index >= 15 is 0 Å². The molecule has 2 heterocycles. The van der Waals surface area contributed by atoms with Crippen LogP contribution in [-0.2, 0) is 32.2 Å². The van der Waals surface area contributed by atoms with Crippen LogP contribution in [0.15, 0.2) is 30.6 Å². The summed E-state index contributed by atoms with van der Waals surface area (Å²) in [4.78, 5) is 20.1. The Hall–Kier alpha value is -2.56. The molecule has 2 N–H and O–H groups in total. The number of anilines is 1. The van der Waals surface area contributed by atoms with Crippen LogP contribution in [0.25, 0.3) is 0 Å². The molecule has 25 heavy (non-hydrogen) atoms. The predicted molar refractivity (Wildman–Crippen MR) is 88.2 cm³/mol. The van der Waals surface area contributed by atoms with E-state index in [0.29, 0.717) is 35.0 Å². The number of nitrogens with zero attached hydrogens (tertiary/aromatic N) is 3. The summed E-state index contributed by atoms with van der Waals surface area (Å²) in [6.45, 7) is 0.246. The summed E-state index contributed by atoms with van der Waals surface area (Å²) in [5.74, 6) is 0.313. The second kappa shape index (κ2) is 6.75. The fourth-order valence-electron chi connectivity index (χ4n) is 2.43. The van der Waals surface area contributed by atoms with Crippen molar-refractivity contribution in [3.63, 3.8) is 0 Å². The van der Waals surface area contributed by atoms with E-state index in [4.69, 9.17) is 14.8 Å². The van der Waals surface area contributed by atoms with Crippen LogP contribution in [0, 0.1) is 0 Å². The highest BCUT2D eigenvalue weighted by Crippen LogP contribution is 2.37. The maximum Gasteiger partial charge on any atom is 0.285 e. The van der Waals surface area contributed by atoms with Gasteiger partial charge in [-0.3, -0.25) is 4.79 Å². The SMILES string of the molecule is CS(=O)(=O)ON1C(=O)CCc2c(Oc3cc(CN)ncn3)cccc21. The molecule has 132 valence electrons. The van der Waals surface area contributed by atoms with Crippen LogP contribution in [0.5, 0.6) is 11.6 Å². The number of hydrogen-bond acceptors (Lipinski definition) is 8. The van der Waals surface area contributed by atoms with Gasteiger partial charge < -0.3 is 10.5 Å². The summed E-state index contributed by atoms with van der Waals surface area (Å²) >= 11 is 0. The molecule has 0 atom stereocenters. The number of rotatable bonds is 5. The van der Waals surface area contributed by atoms with E-state index in [1.807, 2.05) is 0 Å². The number of hydroxylamine groups is 1. The zero-order chi connectivity index (χ0) is 18.0. The van der Waals surface area contributed by atoms with Crippen molar-refractivity contribution in [1.29, 1.82) is 0 Å². The van der Waals surface area contributed by atoms with Crippen LogP contribution in [0.3, 0.4) is 0 Å². The average molecular weight is 364 g/mol. The highest BCUT2D eigenvalue weighted by Gasteiger charge is 2.30. The number of benzene rings is 1. The van der Waals surface area contributed by atoms with Gasteiger partial charge in [0, 0.05) is 24.6 Å². The maximum atomic E-state index is 12.0. The molecule has 1 aromatic carbocycles. The zero-order valence-corrected chi connectivity index (χ0v) is 14.2. The quantitative estimate of drug-likeness (QED) is 0.829. The standard InChI is InChI=1S/C15H16N4O5S/c1-25(21,22)24-19-12-3-2-4-13(11(12)5-6-15(19)20)23-14-7-10(8-16)17-9-18-14/h2-4,7,9H,5-6,8,16H2,1H3. The smallest absolute Gasteiger partial charge is 0.285 e. The summed E-state index contributed by atoms with van der Waals surface area (Å²) in [5, 5.41) is 0.784. The lowest BCUT2D eigenvalue weighted by atomic mass is 10.0. The highest BCUT2D eigenvalue weighted by atomic mass is 32.2. The number of ether oxygens (including phenoxy) is 1. The summed E-state index contributed by atoms with van der Waals surface area (Å²) < 4.78 is 33.5. The lowest BCUT2D eigenvalue weighted by molar-refractivity contribution is -0.123. The van der Waals surface area contributed by atoms with Crippen molar-refractivity contribution in [3.8, 4) is 11.6 Å². The summed E-state index contributed by atoms with van der Waals surface area (Å²) in [6, 6.07) is 6.54. The van der Waals surface area contributed by atoms with E-state index in [-0.39, 0.29) is 13.0 Å². The summed E-state index contributed by atoms with van der Waals surface area (Å²) in [6.07, 6.45) is 2.71. The number of hydrogen-bond donors (Lipinski definition) is 1. The second-order valence-corrected chi connectivity index (χ2v) is 6.93. The molecule has 0 fully saturated rings. The van der Waals surface area contributed by atoms with Gasteiger partial charge >= 0.3 is 0 Å². The molecule has 0 saturated heterocycles. The molecular weight excluding hydrogens is 348 g/mol. The molecular formula is C15H16N4O5S. The Morgan fingerprint density at radius 2 is 2.08 bits per heavy atom. The number of aromatic nitrogens is 2. The van der Waals surface area contributed by atoms with Crippen LogP contribution < -0.4 is 15.5 Å². The average Bonchev–Trinajstić information content (AvgIpc) is 2.57. The van der Waals surface area contributed by atoms with Crippen molar-refractivity contribution >= 4 is 21.7 Å². The molecule has 1 aliphatic heterocycles. The van der Waals surface area contributed by atoms with Crippen LogP contribution in [0.4, 0.5) is 5.69 Å². The molecule has 0 bridgehead atoms. The fraction of sp³-hybridized carbons (Fsp3) is 0.267. The van der Waals surface area contributed by atoms with Gasteiger partial charge in [0.25, 0.3) is 16.0 Å². The normalized spacial score (nSPS) is 14.3. The minimum absolute atomic E-state index is 0.0979. The number of fused-ring (bicyclic) bond motifs is 1.